The first-order valence-corrected chi connectivity index (χ1v) is 4.80. The van der Waals surface area contributed by atoms with E-state index in [4.69, 9.17) is 10.8 Å². The Morgan fingerprint density at radius 2 is 2.00 bits per heavy atom. The smallest absolute Gasteiger partial charge is 0.320 e. The van der Waals surface area contributed by atoms with Crippen molar-refractivity contribution in [3.8, 4) is 0 Å². The first kappa shape index (κ1) is 10.5. The number of hydrogen-bond donors (Lipinski definition) is 3. The number of carboxylic acid groups (broad SMARTS) is 1. The molecular formula is C9H18N2O2. The van der Waals surface area contributed by atoms with Crippen molar-refractivity contribution in [2.45, 2.75) is 37.8 Å². The molecule has 0 spiro atoms. The molecule has 1 unspecified atom stereocenters. The highest BCUT2D eigenvalue weighted by atomic mass is 16.4. The zero-order chi connectivity index (χ0) is 9.84. The van der Waals surface area contributed by atoms with Gasteiger partial charge in [0.2, 0.25) is 0 Å². The van der Waals surface area contributed by atoms with E-state index in [9.17, 15) is 4.79 Å². The highest BCUT2D eigenvalue weighted by Crippen LogP contribution is 2.26. The summed E-state index contributed by atoms with van der Waals surface area (Å²) in [7, 11) is 1.95. The van der Waals surface area contributed by atoms with Crippen LogP contribution in [0.2, 0.25) is 0 Å². The van der Waals surface area contributed by atoms with Gasteiger partial charge in [-0.05, 0) is 38.6 Å². The quantitative estimate of drug-likeness (QED) is 0.587. The molecule has 1 fully saturated rings. The molecule has 0 radical (unpaired) electrons. The van der Waals surface area contributed by atoms with E-state index in [1.54, 1.807) is 0 Å². The summed E-state index contributed by atoms with van der Waals surface area (Å²) < 4.78 is 0. The highest BCUT2D eigenvalue weighted by molar-refractivity contribution is 5.73. The fourth-order valence-corrected chi connectivity index (χ4v) is 1.97. The number of carbonyl (C=O) groups is 1. The molecule has 0 saturated heterocycles. The van der Waals surface area contributed by atoms with Crippen LogP contribution < -0.4 is 11.1 Å². The first-order valence-electron chi connectivity index (χ1n) is 4.80. The van der Waals surface area contributed by atoms with Crippen LogP contribution in [0.15, 0.2) is 0 Å². The van der Waals surface area contributed by atoms with Crippen LogP contribution in [0, 0.1) is 5.92 Å². The molecule has 0 aliphatic heterocycles. The van der Waals surface area contributed by atoms with E-state index in [0.717, 1.165) is 25.7 Å². The number of nitrogens with one attached hydrogen (secondary N) is 1. The van der Waals surface area contributed by atoms with E-state index in [1.807, 2.05) is 7.05 Å². The Bertz CT molecular complexity index is 176. The van der Waals surface area contributed by atoms with Gasteiger partial charge < -0.3 is 16.2 Å². The fraction of sp³-hybridized carbons (Fsp3) is 0.889. The molecule has 1 saturated carbocycles. The SMILES string of the molecule is CNC1CCC(C(N)C(=O)O)CC1. The van der Waals surface area contributed by atoms with Crippen molar-refractivity contribution in [3.63, 3.8) is 0 Å². The van der Waals surface area contributed by atoms with Gasteiger partial charge in [-0.2, -0.15) is 0 Å². The molecule has 4 heteroatoms. The second-order valence-corrected chi connectivity index (χ2v) is 3.76. The normalized spacial score (nSPS) is 31.2. The van der Waals surface area contributed by atoms with Crippen LogP contribution in [-0.2, 0) is 4.79 Å². The number of carboxylic acids is 1. The van der Waals surface area contributed by atoms with E-state index in [1.165, 1.54) is 0 Å². The minimum atomic E-state index is -0.868. The van der Waals surface area contributed by atoms with Crippen molar-refractivity contribution < 1.29 is 9.90 Å². The number of aliphatic carboxylic acids is 1. The van der Waals surface area contributed by atoms with E-state index in [2.05, 4.69) is 5.32 Å². The van der Waals surface area contributed by atoms with Crippen molar-refractivity contribution in [2.75, 3.05) is 7.05 Å². The second-order valence-electron chi connectivity index (χ2n) is 3.76. The molecule has 0 aromatic carbocycles. The van der Waals surface area contributed by atoms with Crippen molar-refractivity contribution in [1.29, 1.82) is 0 Å². The summed E-state index contributed by atoms with van der Waals surface area (Å²) >= 11 is 0. The molecule has 1 aliphatic rings. The molecule has 1 aliphatic carbocycles. The largest absolute Gasteiger partial charge is 0.480 e. The Hall–Kier alpha value is -0.610. The van der Waals surface area contributed by atoms with Gasteiger partial charge >= 0.3 is 5.97 Å². The van der Waals surface area contributed by atoms with Gasteiger partial charge in [-0.3, -0.25) is 4.79 Å². The summed E-state index contributed by atoms with van der Waals surface area (Å²) in [5, 5.41) is 11.9. The number of hydrogen-bond acceptors (Lipinski definition) is 3. The Labute approximate surface area is 78.5 Å². The van der Waals surface area contributed by atoms with Crippen molar-refractivity contribution in [2.24, 2.45) is 11.7 Å². The molecule has 0 aromatic heterocycles. The molecule has 0 aromatic rings. The summed E-state index contributed by atoms with van der Waals surface area (Å²) in [6, 6.07) is -0.116. The Kier molecular flexibility index (Phi) is 3.69. The predicted octanol–water partition coefficient (Wildman–Crippen LogP) is 0.177. The Morgan fingerprint density at radius 1 is 1.46 bits per heavy atom. The molecular weight excluding hydrogens is 168 g/mol. The molecule has 0 amide bonds. The van der Waals surface area contributed by atoms with Gasteiger partial charge in [-0.1, -0.05) is 0 Å². The topological polar surface area (TPSA) is 75.3 Å². The van der Waals surface area contributed by atoms with Gasteiger partial charge in [0.1, 0.15) is 6.04 Å². The summed E-state index contributed by atoms with van der Waals surface area (Å²) in [6.07, 6.45) is 3.95. The summed E-state index contributed by atoms with van der Waals surface area (Å²) in [5.41, 5.74) is 5.56. The lowest BCUT2D eigenvalue weighted by atomic mass is 9.82. The lowest BCUT2D eigenvalue weighted by Crippen LogP contribution is -2.42. The van der Waals surface area contributed by atoms with Crippen molar-refractivity contribution in [3.05, 3.63) is 0 Å². The zero-order valence-corrected chi connectivity index (χ0v) is 7.99. The molecule has 4 N–H and O–H groups in total. The lowest BCUT2D eigenvalue weighted by molar-refractivity contribution is -0.140. The van der Waals surface area contributed by atoms with E-state index >= 15 is 0 Å². The van der Waals surface area contributed by atoms with Crippen molar-refractivity contribution in [1.82, 2.24) is 5.32 Å². The number of nitrogens with two attached hydrogens (primary N) is 1. The van der Waals surface area contributed by atoms with Gasteiger partial charge in [0.25, 0.3) is 0 Å². The predicted molar refractivity (Wildman–Crippen MR) is 50.4 cm³/mol. The van der Waals surface area contributed by atoms with Gasteiger partial charge in [0.15, 0.2) is 0 Å². The lowest BCUT2D eigenvalue weighted by Gasteiger charge is -2.30. The molecule has 0 bridgehead atoms. The fourth-order valence-electron chi connectivity index (χ4n) is 1.97. The van der Waals surface area contributed by atoms with Crippen LogP contribution in [0.1, 0.15) is 25.7 Å². The maximum absolute atomic E-state index is 10.6. The molecule has 76 valence electrons. The summed E-state index contributed by atoms with van der Waals surface area (Å²) in [5.74, 6) is -0.699. The monoisotopic (exact) mass is 186 g/mol. The average Bonchev–Trinajstić information content (AvgIpc) is 2.17. The second kappa shape index (κ2) is 4.58. The zero-order valence-electron chi connectivity index (χ0n) is 7.99. The maximum Gasteiger partial charge on any atom is 0.320 e. The average molecular weight is 186 g/mol. The van der Waals surface area contributed by atoms with Gasteiger partial charge in [-0.25, -0.2) is 0 Å². The third kappa shape index (κ3) is 2.67. The van der Waals surface area contributed by atoms with Crippen LogP contribution in [0.5, 0.6) is 0 Å². The van der Waals surface area contributed by atoms with Gasteiger partial charge in [0.05, 0.1) is 0 Å². The third-order valence-corrected chi connectivity index (χ3v) is 2.97. The summed E-state index contributed by atoms with van der Waals surface area (Å²) in [4.78, 5) is 10.6. The first-order chi connectivity index (χ1) is 6.15. The molecule has 0 heterocycles. The van der Waals surface area contributed by atoms with Crippen molar-refractivity contribution >= 4 is 5.97 Å². The van der Waals surface area contributed by atoms with E-state index in [-0.39, 0.29) is 5.92 Å². The van der Waals surface area contributed by atoms with Crippen LogP contribution >= 0.6 is 0 Å². The molecule has 1 rings (SSSR count). The molecule has 1 atom stereocenters. The minimum absolute atomic E-state index is 0.169. The third-order valence-electron chi connectivity index (χ3n) is 2.97. The van der Waals surface area contributed by atoms with E-state index in [0.29, 0.717) is 6.04 Å². The van der Waals surface area contributed by atoms with Crippen LogP contribution in [0.3, 0.4) is 0 Å². The van der Waals surface area contributed by atoms with E-state index < -0.39 is 12.0 Å². The Balaban J connectivity index is 2.36. The minimum Gasteiger partial charge on any atom is -0.480 e. The van der Waals surface area contributed by atoms with Crippen LogP contribution in [0.25, 0.3) is 0 Å². The van der Waals surface area contributed by atoms with Crippen LogP contribution in [-0.4, -0.2) is 30.2 Å². The maximum atomic E-state index is 10.6. The van der Waals surface area contributed by atoms with Gasteiger partial charge in [-0.15, -0.1) is 0 Å². The van der Waals surface area contributed by atoms with Gasteiger partial charge in [0, 0.05) is 6.04 Å². The summed E-state index contributed by atoms with van der Waals surface area (Å²) in [6.45, 7) is 0. The molecule has 13 heavy (non-hydrogen) atoms. The van der Waals surface area contributed by atoms with Crippen LogP contribution in [0.4, 0.5) is 0 Å². The Morgan fingerprint density at radius 3 is 2.38 bits per heavy atom. The number of rotatable bonds is 3. The highest BCUT2D eigenvalue weighted by Gasteiger charge is 2.28. The standard InChI is InChI=1S/C9H18N2O2/c1-11-7-4-2-6(3-5-7)8(10)9(12)13/h6-8,11H,2-5,10H2,1H3,(H,12,13). The molecule has 4 nitrogen and oxygen atoms in total.